The number of hydrogen-bond acceptors (Lipinski definition) is 15. The van der Waals surface area contributed by atoms with E-state index < -0.39 is 97.5 Å². The van der Waals surface area contributed by atoms with Crippen molar-refractivity contribution < 1.29 is 80.2 Å². The monoisotopic (exact) mass is 1480 g/mol. The third-order valence-corrected chi connectivity index (χ3v) is 21.1. The van der Waals surface area contributed by atoms with Crippen molar-refractivity contribution >= 4 is 39.5 Å². The molecule has 3 N–H and O–H groups in total. The van der Waals surface area contributed by atoms with Gasteiger partial charge in [0, 0.05) is 25.7 Å². The minimum atomic E-state index is -4.96. The van der Waals surface area contributed by atoms with Gasteiger partial charge in [0.2, 0.25) is 0 Å². The van der Waals surface area contributed by atoms with Crippen LogP contribution in [0.2, 0.25) is 0 Å². The minimum Gasteiger partial charge on any atom is -0.462 e. The number of rotatable bonds is 81. The fourth-order valence-electron chi connectivity index (χ4n) is 12.7. The second kappa shape index (κ2) is 73.6. The Kier molecular flexibility index (Phi) is 72.2. The van der Waals surface area contributed by atoms with Gasteiger partial charge in [0.15, 0.2) is 12.2 Å². The van der Waals surface area contributed by atoms with Crippen LogP contribution < -0.4 is 0 Å². The van der Waals surface area contributed by atoms with Crippen LogP contribution in [0.15, 0.2) is 0 Å². The molecule has 0 spiro atoms. The maximum atomic E-state index is 13.1. The van der Waals surface area contributed by atoms with E-state index in [1.807, 2.05) is 0 Å². The molecular formula is C82H160O17P2. The maximum Gasteiger partial charge on any atom is 0.472 e. The van der Waals surface area contributed by atoms with Gasteiger partial charge >= 0.3 is 39.5 Å². The fraction of sp³-hybridized carbons (Fsp3) is 0.951. The second-order valence-electron chi connectivity index (χ2n) is 30.5. The van der Waals surface area contributed by atoms with Gasteiger partial charge in [0.05, 0.1) is 26.4 Å². The van der Waals surface area contributed by atoms with Crippen LogP contribution in [0.5, 0.6) is 0 Å². The van der Waals surface area contributed by atoms with Gasteiger partial charge < -0.3 is 33.8 Å². The molecule has 0 aliphatic rings. The molecule has 0 aromatic heterocycles. The molecule has 0 saturated carbocycles. The number of ether oxygens (including phenoxy) is 4. The molecule has 0 amide bonds. The summed E-state index contributed by atoms with van der Waals surface area (Å²) in [6.07, 6.45) is 63.9. The standard InChI is InChI=1S/C82H160O17P2/c1-7-9-11-13-15-17-19-20-21-22-23-24-28-31-34-41-47-53-59-65-80(85)93-71-78(98-81(86)66-60-54-48-42-35-32-29-26-25-27-30-33-38-44-50-56-62-74(3)4)73-97-101(90,91)95-69-76(83)68-94-100(88,89)96-72-77(70-92-79(84)64-58-52-46-40-18-16-14-12-10-8-2)99-82(87)67-61-55-49-43-37-36-39-45-51-57-63-75(5)6/h74-78,83H,7-73H2,1-6H3,(H,88,89)(H,90,91)/t76-,77+,78+/m0/s1. The van der Waals surface area contributed by atoms with Crippen LogP contribution in [0, 0.1) is 11.8 Å². The average molecular weight is 1480 g/mol. The van der Waals surface area contributed by atoms with Crippen molar-refractivity contribution in [2.45, 2.75) is 452 Å². The molecule has 0 aromatic carbocycles. The summed E-state index contributed by atoms with van der Waals surface area (Å²) >= 11 is 0. The van der Waals surface area contributed by atoms with Gasteiger partial charge in [-0.3, -0.25) is 37.3 Å². The zero-order chi connectivity index (χ0) is 74.2. The van der Waals surface area contributed by atoms with Crippen molar-refractivity contribution in [2.75, 3.05) is 39.6 Å². The quantitative estimate of drug-likeness (QED) is 0.0222. The number of carbonyl (C=O) groups is 4. The van der Waals surface area contributed by atoms with Gasteiger partial charge in [-0.05, 0) is 37.5 Å². The van der Waals surface area contributed by atoms with Crippen LogP contribution in [-0.4, -0.2) is 96.7 Å². The highest BCUT2D eigenvalue weighted by Crippen LogP contribution is 2.45. The molecule has 0 aromatic rings. The highest BCUT2D eigenvalue weighted by Gasteiger charge is 2.30. The van der Waals surface area contributed by atoms with E-state index in [-0.39, 0.29) is 25.7 Å². The average Bonchev–Trinajstić information content (AvgIpc) is 1.09. The smallest absolute Gasteiger partial charge is 0.462 e. The summed E-state index contributed by atoms with van der Waals surface area (Å²) in [5.74, 6) is -0.546. The molecule has 5 atom stereocenters. The van der Waals surface area contributed by atoms with Crippen molar-refractivity contribution in [1.82, 2.24) is 0 Å². The fourth-order valence-corrected chi connectivity index (χ4v) is 14.3. The topological polar surface area (TPSA) is 237 Å². The van der Waals surface area contributed by atoms with Crippen molar-refractivity contribution in [1.29, 1.82) is 0 Å². The lowest BCUT2D eigenvalue weighted by Crippen LogP contribution is -2.30. The maximum absolute atomic E-state index is 13.1. The number of phosphoric acid groups is 2. The number of aliphatic hydroxyl groups is 1. The van der Waals surface area contributed by atoms with Gasteiger partial charge in [-0.1, -0.05) is 382 Å². The summed E-state index contributed by atoms with van der Waals surface area (Å²) < 4.78 is 68.7. The summed E-state index contributed by atoms with van der Waals surface area (Å²) in [6.45, 7) is 9.65. The molecule has 0 radical (unpaired) electrons. The van der Waals surface area contributed by atoms with Crippen LogP contribution in [0.4, 0.5) is 0 Å². The Balaban J connectivity index is 5.22. The van der Waals surface area contributed by atoms with Gasteiger partial charge in [-0.25, -0.2) is 9.13 Å². The van der Waals surface area contributed by atoms with Crippen molar-refractivity contribution in [3.05, 3.63) is 0 Å². The first-order chi connectivity index (χ1) is 48.9. The Morgan fingerprint density at radius 2 is 0.455 bits per heavy atom. The van der Waals surface area contributed by atoms with Crippen molar-refractivity contribution in [3.63, 3.8) is 0 Å². The van der Waals surface area contributed by atoms with E-state index in [1.165, 1.54) is 250 Å². The van der Waals surface area contributed by atoms with E-state index in [2.05, 4.69) is 41.5 Å². The van der Waals surface area contributed by atoms with E-state index in [9.17, 15) is 43.2 Å². The summed E-state index contributed by atoms with van der Waals surface area (Å²) in [7, 11) is -9.92. The minimum absolute atomic E-state index is 0.106. The lowest BCUT2D eigenvalue weighted by atomic mass is 10.0. The highest BCUT2D eigenvalue weighted by atomic mass is 31.2. The molecule has 0 aliphatic carbocycles. The van der Waals surface area contributed by atoms with E-state index in [0.717, 1.165) is 102 Å². The summed E-state index contributed by atoms with van der Waals surface area (Å²) in [5, 5.41) is 10.6. The molecule has 0 aliphatic heterocycles. The van der Waals surface area contributed by atoms with E-state index in [1.54, 1.807) is 0 Å². The van der Waals surface area contributed by atoms with E-state index in [0.29, 0.717) is 25.7 Å². The summed E-state index contributed by atoms with van der Waals surface area (Å²) in [4.78, 5) is 73.0. The predicted octanol–water partition coefficient (Wildman–Crippen LogP) is 24.7. The van der Waals surface area contributed by atoms with Gasteiger partial charge in [0.1, 0.15) is 19.3 Å². The third-order valence-electron chi connectivity index (χ3n) is 19.2. The Morgan fingerprint density at radius 3 is 0.673 bits per heavy atom. The molecule has 0 saturated heterocycles. The largest absolute Gasteiger partial charge is 0.472 e. The molecule has 0 bridgehead atoms. The number of esters is 4. The van der Waals surface area contributed by atoms with Crippen LogP contribution in [0.3, 0.4) is 0 Å². The SMILES string of the molecule is CCCCCCCCCCCCCCCCCCCCCC(=O)OC[C@H](COP(=O)(O)OC[C@@H](O)COP(=O)(O)OC[C@@H](COC(=O)CCCCCCCCCCCC)OC(=O)CCCCCCCCCCCCC(C)C)OC(=O)CCCCCCCCCCCCCCCCCCC(C)C. The molecule has 0 heterocycles. The Hall–Kier alpha value is -1.94. The van der Waals surface area contributed by atoms with E-state index in [4.69, 9.17) is 37.0 Å². The van der Waals surface area contributed by atoms with Crippen LogP contribution in [0.1, 0.15) is 433 Å². The van der Waals surface area contributed by atoms with Crippen LogP contribution in [-0.2, 0) is 65.4 Å². The van der Waals surface area contributed by atoms with Crippen LogP contribution in [0.25, 0.3) is 0 Å². The molecule has 17 nitrogen and oxygen atoms in total. The molecular weight excluding hydrogens is 1320 g/mol. The number of phosphoric ester groups is 2. The molecule has 19 heteroatoms. The number of carbonyl (C=O) groups excluding carboxylic acids is 4. The first kappa shape index (κ1) is 99.1. The third kappa shape index (κ3) is 76.1. The zero-order valence-electron chi connectivity index (χ0n) is 66.2. The normalized spacial score (nSPS) is 13.9. The second-order valence-corrected chi connectivity index (χ2v) is 33.4. The lowest BCUT2D eigenvalue weighted by Gasteiger charge is -2.21. The Morgan fingerprint density at radius 1 is 0.267 bits per heavy atom. The molecule has 600 valence electrons. The first-order valence-corrected chi connectivity index (χ1v) is 45.5. The highest BCUT2D eigenvalue weighted by molar-refractivity contribution is 7.47. The Labute approximate surface area is 619 Å². The number of hydrogen-bond donors (Lipinski definition) is 3. The van der Waals surface area contributed by atoms with Crippen molar-refractivity contribution in [3.8, 4) is 0 Å². The van der Waals surface area contributed by atoms with Gasteiger partial charge in [0.25, 0.3) is 0 Å². The molecule has 101 heavy (non-hydrogen) atoms. The number of unbranched alkanes of at least 4 members (excludes halogenated alkanes) is 51. The predicted molar refractivity (Wildman–Crippen MR) is 414 cm³/mol. The van der Waals surface area contributed by atoms with Gasteiger partial charge in [-0.15, -0.1) is 0 Å². The van der Waals surface area contributed by atoms with Crippen molar-refractivity contribution in [2.24, 2.45) is 11.8 Å². The van der Waals surface area contributed by atoms with E-state index >= 15 is 0 Å². The number of aliphatic hydroxyl groups excluding tert-OH is 1. The molecule has 0 rings (SSSR count). The molecule has 0 fully saturated rings. The first-order valence-electron chi connectivity index (χ1n) is 42.5. The summed E-state index contributed by atoms with van der Waals surface area (Å²) in [6, 6.07) is 0. The van der Waals surface area contributed by atoms with Gasteiger partial charge in [-0.2, -0.15) is 0 Å². The van der Waals surface area contributed by atoms with Crippen LogP contribution >= 0.6 is 15.6 Å². The summed E-state index contributed by atoms with van der Waals surface area (Å²) in [5.41, 5.74) is 0. The molecule has 2 unspecified atom stereocenters. The zero-order valence-corrected chi connectivity index (χ0v) is 68.0. The Bertz CT molecular complexity index is 1940. The lowest BCUT2D eigenvalue weighted by molar-refractivity contribution is -0.161.